The van der Waals surface area contributed by atoms with Crippen LogP contribution in [0, 0.1) is 6.92 Å². The number of hydrogen-bond acceptors (Lipinski definition) is 5. The van der Waals surface area contributed by atoms with Gasteiger partial charge >= 0.3 is 0 Å². The Morgan fingerprint density at radius 3 is 2.64 bits per heavy atom. The number of nitrogens with zero attached hydrogens (tertiary/aromatic N) is 3. The average molecular weight is 524 g/mol. The lowest BCUT2D eigenvalue weighted by Crippen LogP contribution is -2.55. The zero-order valence-corrected chi connectivity index (χ0v) is 21.9. The monoisotopic (exact) mass is 523 g/mol. The van der Waals surface area contributed by atoms with E-state index in [-0.39, 0.29) is 17.7 Å². The van der Waals surface area contributed by atoms with Crippen molar-refractivity contribution in [3.8, 4) is 11.5 Å². The van der Waals surface area contributed by atoms with Crippen LogP contribution in [-0.2, 0) is 9.59 Å². The van der Waals surface area contributed by atoms with E-state index < -0.39 is 6.04 Å². The van der Waals surface area contributed by atoms with Crippen molar-refractivity contribution in [2.24, 2.45) is 0 Å². The Hall–Kier alpha value is -2.87. The zero-order chi connectivity index (χ0) is 25.1. The molecule has 0 N–H and O–H groups in total. The number of alkyl halides is 1. The van der Waals surface area contributed by atoms with E-state index in [9.17, 15) is 9.59 Å². The first-order valence-corrected chi connectivity index (χ1v) is 13.7. The zero-order valence-electron chi connectivity index (χ0n) is 20.3. The molecule has 3 heterocycles. The van der Waals surface area contributed by atoms with Crippen molar-refractivity contribution >= 4 is 40.4 Å². The number of hydrogen-bond donors (Lipinski definition) is 0. The minimum Gasteiger partial charge on any atom is -0.457 e. The Labute approximate surface area is 221 Å². The van der Waals surface area contributed by atoms with Crippen LogP contribution in [0.5, 0.6) is 11.5 Å². The Morgan fingerprint density at radius 2 is 1.92 bits per heavy atom. The lowest BCUT2D eigenvalue weighted by molar-refractivity contribution is -0.136. The molecule has 2 aromatic carbocycles. The predicted molar refractivity (Wildman–Crippen MR) is 144 cm³/mol. The van der Waals surface area contributed by atoms with E-state index >= 15 is 0 Å². The standard InChI is InChI=1S/C28H30ClN3O3S/c1-20-17-23(35-22-8-3-2-4-9-22)11-12-24(20)32(26(33)18-29)27(25-10-6-16-36-25)28(34)31-15-14-30-13-5-7-21(30)19-31/h2-4,6,8-12,16-17,21,27H,5,7,13-15,18-19H2,1H3/t21-,27?/m0/s1. The number of carbonyl (C=O) groups excluding carboxylic acids is 2. The maximum atomic E-state index is 14.1. The molecule has 2 aliphatic rings. The molecule has 2 fully saturated rings. The number of benzene rings is 2. The Bertz CT molecular complexity index is 1200. The van der Waals surface area contributed by atoms with Gasteiger partial charge in [0.25, 0.3) is 5.91 Å². The van der Waals surface area contributed by atoms with Gasteiger partial charge in [-0.15, -0.1) is 22.9 Å². The number of fused-ring (bicyclic) bond motifs is 1. The van der Waals surface area contributed by atoms with Crippen molar-refractivity contribution < 1.29 is 14.3 Å². The summed E-state index contributed by atoms with van der Waals surface area (Å²) >= 11 is 7.60. The van der Waals surface area contributed by atoms with Crippen molar-refractivity contribution in [2.75, 3.05) is 37.0 Å². The van der Waals surface area contributed by atoms with Gasteiger partial charge in [0.1, 0.15) is 23.4 Å². The number of amides is 2. The molecule has 1 unspecified atom stereocenters. The first-order chi connectivity index (χ1) is 17.5. The lowest BCUT2D eigenvalue weighted by atomic mass is 10.1. The molecule has 5 rings (SSSR count). The molecular formula is C28H30ClN3O3S. The molecule has 0 radical (unpaired) electrons. The van der Waals surface area contributed by atoms with E-state index in [1.54, 1.807) is 4.90 Å². The third-order valence-electron chi connectivity index (χ3n) is 6.99. The number of para-hydroxylation sites is 1. The van der Waals surface area contributed by atoms with Crippen molar-refractivity contribution in [1.29, 1.82) is 0 Å². The first kappa shape index (κ1) is 24.8. The summed E-state index contributed by atoms with van der Waals surface area (Å²) in [6.07, 6.45) is 2.29. The van der Waals surface area contributed by atoms with Gasteiger partial charge < -0.3 is 9.64 Å². The minimum absolute atomic E-state index is 0.0496. The highest BCUT2D eigenvalue weighted by Crippen LogP contribution is 2.37. The molecule has 0 bridgehead atoms. The summed E-state index contributed by atoms with van der Waals surface area (Å²) in [5, 5.41) is 1.94. The Kier molecular flexibility index (Phi) is 7.60. The number of rotatable bonds is 7. The van der Waals surface area contributed by atoms with Crippen LogP contribution in [0.1, 0.15) is 29.3 Å². The normalized spacial score (nSPS) is 18.5. The van der Waals surface area contributed by atoms with Crippen molar-refractivity contribution in [3.05, 3.63) is 76.5 Å². The second-order valence-electron chi connectivity index (χ2n) is 9.30. The molecule has 0 spiro atoms. The highest BCUT2D eigenvalue weighted by molar-refractivity contribution is 7.10. The molecule has 2 amide bonds. The van der Waals surface area contributed by atoms with E-state index in [1.807, 2.05) is 77.9 Å². The SMILES string of the molecule is Cc1cc(Oc2ccccc2)ccc1N(C(=O)CCl)C(C(=O)N1CCN2CCC[C@H]2C1)c1cccs1. The van der Waals surface area contributed by atoms with Gasteiger partial charge in [0, 0.05) is 36.2 Å². The summed E-state index contributed by atoms with van der Waals surface area (Å²) in [7, 11) is 0. The predicted octanol–water partition coefficient (Wildman–Crippen LogP) is 5.47. The van der Waals surface area contributed by atoms with Gasteiger partial charge in [-0.25, -0.2) is 0 Å². The van der Waals surface area contributed by atoms with Crippen LogP contribution < -0.4 is 9.64 Å². The first-order valence-electron chi connectivity index (χ1n) is 12.3. The van der Waals surface area contributed by atoms with Crippen LogP contribution in [0.2, 0.25) is 0 Å². The van der Waals surface area contributed by atoms with E-state index in [2.05, 4.69) is 4.90 Å². The minimum atomic E-state index is -0.760. The Morgan fingerprint density at radius 1 is 1.08 bits per heavy atom. The van der Waals surface area contributed by atoms with E-state index in [4.69, 9.17) is 16.3 Å². The number of piperazine rings is 1. The van der Waals surface area contributed by atoms with Crippen LogP contribution in [0.25, 0.3) is 0 Å². The van der Waals surface area contributed by atoms with E-state index in [0.29, 0.717) is 30.6 Å². The van der Waals surface area contributed by atoms with Crippen LogP contribution in [-0.4, -0.2) is 59.7 Å². The molecule has 0 saturated carbocycles. The average Bonchev–Trinajstić information content (AvgIpc) is 3.59. The highest BCUT2D eigenvalue weighted by atomic mass is 35.5. The van der Waals surface area contributed by atoms with Crippen molar-refractivity contribution in [1.82, 2.24) is 9.80 Å². The molecule has 36 heavy (non-hydrogen) atoms. The quantitative estimate of drug-likeness (QED) is 0.385. The number of ether oxygens (including phenoxy) is 1. The molecule has 8 heteroatoms. The molecular weight excluding hydrogens is 494 g/mol. The molecule has 2 atom stereocenters. The maximum Gasteiger partial charge on any atom is 0.251 e. The third-order valence-corrected chi connectivity index (χ3v) is 8.15. The molecule has 6 nitrogen and oxygen atoms in total. The Balaban J connectivity index is 1.48. The number of anilines is 1. The summed E-state index contributed by atoms with van der Waals surface area (Å²) < 4.78 is 5.99. The molecule has 188 valence electrons. The van der Waals surface area contributed by atoms with E-state index in [0.717, 1.165) is 35.7 Å². The fraction of sp³-hybridized carbons (Fsp3) is 0.357. The third kappa shape index (κ3) is 5.14. The van der Waals surface area contributed by atoms with Gasteiger partial charge in [-0.2, -0.15) is 0 Å². The molecule has 1 aromatic heterocycles. The van der Waals surface area contributed by atoms with Crippen molar-refractivity contribution in [2.45, 2.75) is 31.8 Å². The smallest absolute Gasteiger partial charge is 0.251 e. The maximum absolute atomic E-state index is 14.1. The number of halogens is 1. The summed E-state index contributed by atoms with van der Waals surface area (Å²) in [6.45, 7) is 5.28. The molecule has 3 aromatic rings. The van der Waals surface area contributed by atoms with Crippen LogP contribution >= 0.6 is 22.9 Å². The van der Waals surface area contributed by atoms with Gasteiger partial charge in [-0.3, -0.25) is 19.4 Å². The fourth-order valence-electron chi connectivity index (χ4n) is 5.24. The van der Waals surface area contributed by atoms with E-state index in [1.165, 1.54) is 17.8 Å². The number of thiophene rings is 1. The summed E-state index contributed by atoms with van der Waals surface area (Å²) in [4.78, 5) is 34.3. The van der Waals surface area contributed by atoms with Gasteiger partial charge in [-0.05, 0) is 73.7 Å². The largest absolute Gasteiger partial charge is 0.457 e. The molecule has 0 aliphatic carbocycles. The molecule has 2 saturated heterocycles. The lowest BCUT2D eigenvalue weighted by Gasteiger charge is -2.41. The number of carbonyl (C=O) groups is 2. The number of aryl methyl sites for hydroxylation is 1. The molecule has 2 aliphatic heterocycles. The van der Waals surface area contributed by atoms with Gasteiger partial charge in [0.05, 0.1) is 0 Å². The van der Waals surface area contributed by atoms with Crippen LogP contribution in [0.4, 0.5) is 5.69 Å². The second kappa shape index (κ2) is 11.0. The van der Waals surface area contributed by atoms with Crippen LogP contribution in [0.3, 0.4) is 0 Å². The summed E-state index contributed by atoms with van der Waals surface area (Å²) in [5.41, 5.74) is 1.49. The summed E-state index contributed by atoms with van der Waals surface area (Å²) in [5.74, 6) is 0.829. The fourth-order valence-corrected chi connectivity index (χ4v) is 6.17. The van der Waals surface area contributed by atoms with Gasteiger partial charge in [0.15, 0.2) is 0 Å². The topological polar surface area (TPSA) is 53.1 Å². The van der Waals surface area contributed by atoms with Gasteiger partial charge in [0.2, 0.25) is 5.91 Å². The highest BCUT2D eigenvalue weighted by Gasteiger charge is 2.40. The van der Waals surface area contributed by atoms with Gasteiger partial charge in [-0.1, -0.05) is 24.3 Å². The van der Waals surface area contributed by atoms with Crippen LogP contribution in [0.15, 0.2) is 66.0 Å². The second-order valence-corrected chi connectivity index (χ2v) is 10.5. The van der Waals surface area contributed by atoms with Crippen molar-refractivity contribution in [3.63, 3.8) is 0 Å². The summed E-state index contributed by atoms with van der Waals surface area (Å²) in [6, 6.07) is 18.6.